The van der Waals surface area contributed by atoms with Crippen molar-refractivity contribution in [1.82, 2.24) is 4.72 Å². The predicted octanol–water partition coefficient (Wildman–Crippen LogP) is 2.22. The van der Waals surface area contributed by atoms with E-state index in [0.717, 1.165) is 5.56 Å². The number of sulfonamides is 1. The van der Waals surface area contributed by atoms with Crippen molar-refractivity contribution < 1.29 is 13.2 Å². The molecule has 0 atom stereocenters. The number of nitrogens with two attached hydrogens (primary N) is 1. The van der Waals surface area contributed by atoms with Crippen molar-refractivity contribution in [3.05, 3.63) is 23.8 Å². The number of aryl methyl sites for hydroxylation is 1. The molecule has 0 aromatic heterocycles. The minimum Gasteiger partial charge on any atom is -0.491 e. The molecule has 0 saturated carbocycles. The highest BCUT2D eigenvalue weighted by atomic mass is 35.5. The fourth-order valence-corrected chi connectivity index (χ4v) is 2.85. The van der Waals surface area contributed by atoms with Crippen LogP contribution in [0.4, 0.5) is 0 Å². The van der Waals surface area contributed by atoms with Crippen LogP contribution in [-0.4, -0.2) is 26.6 Å². The van der Waals surface area contributed by atoms with Gasteiger partial charge < -0.3 is 10.5 Å². The van der Waals surface area contributed by atoms with Crippen molar-refractivity contribution in [2.45, 2.75) is 51.2 Å². The van der Waals surface area contributed by atoms with E-state index >= 15 is 0 Å². The van der Waals surface area contributed by atoms with Crippen LogP contribution in [0.5, 0.6) is 5.75 Å². The molecule has 0 aliphatic rings. The molecule has 3 N–H and O–H groups in total. The van der Waals surface area contributed by atoms with E-state index in [1.165, 1.54) is 6.07 Å². The van der Waals surface area contributed by atoms with E-state index in [1.807, 2.05) is 20.8 Å². The second kappa shape index (κ2) is 7.45. The third-order valence-corrected chi connectivity index (χ3v) is 3.94. The lowest BCUT2D eigenvalue weighted by molar-refractivity contribution is 0.240. The Hall–Kier alpha value is -0.820. The smallest absolute Gasteiger partial charge is 0.240 e. The average Bonchev–Trinajstić information content (AvgIpc) is 2.28. The molecule has 1 aromatic rings. The summed E-state index contributed by atoms with van der Waals surface area (Å²) in [5.41, 5.74) is 5.97. The second-order valence-electron chi connectivity index (χ2n) is 5.91. The molecule has 1 aromatic carbocycles. The van der Waals surface area contributed by atoms with Gasteiger partial charge in [0.25, 0.3) is 0 Å². The summed E-state index contributed by atoms with van der Waals surface area (Å²) >= 11 is 0. The van der Waals surface area contributed by atoms with Crippen LogP contribution in [-0.2, 0) is 10.0 Å². The van der Waals surface area contributed by atoms with Crippen molar-refractivity contribution in [3.8, 4) is 5.75 Å². The summed E-state index contributed by atoms with van der Waals surface area (Å²) in [7, 11) is -3.55. The number of hydrogen-bond donors (Lipinski definition) is 2. The highest BCUT2D eigenvalue weighted by molar-refractivity contribution is 7.89. The van der Waals surface area contributed by atoms with Crippen LogP contribution in [0.3, 0.4) is 0 Å². The van der Waals surface area contributed by atoms with Crippen LogP contribution in [0.1, 0.15) is 33.3 Å². The summed E-state index contributed by atoms with van der Waals surface area (Å²) in [6.07, 6.45) is 0.0484. The number of nitrogens with one attached hydrogen (secondary N) is 1. The Labute approximate surface area is 133 Å². The molecule has 122 valence electrons. The van der Waals surface area contributed by atoms with Crippen LogP contribution in [0.2, 0.25) is 0 Å². The zero-order valence-electron chi connectivity index (χ0n) is 13.1. The van der Waals surface area contributed by atoms with E-state index in [2.05, 4.69) is 4.72 Å². The molecule has 0 amide bonds. The van der Waals surface area contributed by atoms with Crippen molar-refractivity contribution in [1.29, 1.82) is 0 Å². The predicted molar refractivity (Wildman–Crippen MR) is 87.6 cm³/mol. The fourth-order valence-electron chi connectivity index (χ4n) is 1.54. The number of benzene rings is 1. The highest BCUT2D eigenvalue weighted by Gasteiger charge is 2.19. The van der Waals surface area contributed by atoms with Crippen LogP contribution in [0, 0.1) is 6.92 Å². The monoisotopic (exact) mass is 336 g/mol. The first-order valence-corrected chi connectivity index (χ1v) is 8.05. The van der Waals surface area contributed by atoms with Gasteiger partial charge in [-0.05, 0) is 58.4 Å². The summed E-state index contributed by atoms with van der Waals surface area (Å²) in [6, 6.07) is 4.82. The van der Waals surface area contributed by atoms with Gasteiger partial charge in [-0.3, -0.25) is 0 Å². The van der Waals surface area contributed by atoms with Gasteiger partial charge in [0, 0.05) is 12.1 Å². The summed E-state index contributed by atoms with van der Waals surface area (Å²) < 4.78 is 32.4. The van der Waals surface area contributed by atoms with Crippen LogP contribution >= 0.6 is 12.4 Å². The van der Waals surface area contributed by atoms with E-state index in [-0.39, 0.29) is 30.0 Å². The Kier molecular flexibility index (Phi) is 7.15. The summed E-state index contributed by atoms with van der Waals surface area (Å²) in [5, 5.41) is 0. The highest BCUT2D eigenvalue weighted by Crippen LogP contribution is 2.22. The number of halogens is 1. The Morgan fingerprint density at radius 3 is 2.33 bits per heavy atom. The molecule has 0 aliphatic carbocycles. The van der Waals surface area contributed by atoms with E-state index in [0.29, 0.717) is 5.75 Å². The zero-order valence-corrected chi connectivity index (χ0v) is 14.8. The first-order chi connectivity index (χ1) is 9.01. The Morgan fingerprint density at radius 2 is 1.90 bits per heavy atom. The topological polar surface area (TPSA) is 81.4 Å². The average molecular weight is 337 g/mol. The van der Waals surface area contributed by atoms with E-state index in [9.17, 15) is 8.42 Å². The maximum Gasteiger partial charge on any atom is 0.240 e. The second-order valence-corrected chi connectivity index (χ2v) is 7.67. The molecule has 0 aliphatic heterocycles. The maximum atomic E-state index is 12.2. The third kappa shape index (κ3) is 6.65. The van der Waals surface area contributed by atoms with Gasteiger partial charge in [0.1, 0.15) is 5.75 Å². The molecule has 0 radical (unpaired) electrons. The SMILES string of the molecule is Cc1cc(S(=O)(=O)NCC(C)(C)N)ccc1OC(C)C.Cl. The van der Waals surface area contributed by atoms with Crippen LogP contribution in [0.25, 0.3) is 0 Å². The first-order valence-electron chi connectivity index (χ1n) is 6.57. The van der Waals surface area contributed by atoms with Gasteiger partial charge in [-0.1, -0.05) is 0 Å². The van der Waals surface area contributed by atoms with Crippen molar-refractivity contribution in [2.75, 3.05) is 6.54 Å². The van der Waals surface area contributed by atoms with Crippen molar-refractivity contribution in [2.24, 2.45) is 5.73 Å². The Balaban J connectivity index is 0.00000400. The van der Waals surface area contributed by atoms with Gasteiger partial charge in [0.05, 0.1) is 11.0 Å². The largest absolute Gasteiger partial charge is 0.491 e. The first kappa shape index (κ1) is 20.2. The lowest BCUT2D eigenvalue weighted by Crippen LogP contribution is -2.45. The minimum absolute atomic E-state index is 0. The van der Waals surface area contributed by atoms with Crippen LogP contribution < -0.4 is 15.2 Å². The van der Waals surface area contributed by atoms with Gasteiger partial charge in [-0.15, -0.1) is 12.4 Å². The Morgan fingerprint density at radius 1 is 1.33 bits per heavy atom. The molecule has 1 rings (SSSR count). The molecular formula is C14H25ClN2O3S. The van der Waals surface area contributed by atoms with E-state index in [4.69, 9.17) is 10.5 Å². The fraction of sp³-hybridized carbons (Fsp3) is 0.571. The molecule has 0 bridgehead atoms. The minimum atomic E-state index is -3.55. The van der Waals surface area contributed by atoms with E-state index < -0.39 is 15.6 Å². The van der Waals surface area contributed by atoms with Gasteiger partial charge in [0.15, 0.2) is 0 Å². The summed E-state index contributed by atoms with van der Waals surface area (Å²) in [5.74, 6) is 0.693. The number of rotatable bonds is 6. The summed E-state index contributed by atoms with van der Waals surface area (Å²) in [6.45, 7) is 9.38. The van der Waals surface area contributed by atoms with Crippen molar-refractivity contribution in [3.63, 3.8) is 0 Å². The molecule has 7 heteroatoms. The number of hydrogen-bond acceptors (Lipinski definition) is 4. The lowest BCUT2D eigenvalue weighted by Gasteiger charge is -2.19. The van der Waals surface area contributed by atoms with Crippen LogP contribution in [0.15, 0.2) is 23.1 Å². The van der Waals surface area contributed by atoms with Gasteiger partial charge in [-0.2, -0.15) is 0 Å². The molecule has 0 fully saturated rings. The zero-order chi connectivity index (χ0) is 15.6. The quantitative estimate of drug-likeness (QED) is 0.834. The molecule has 0 heterocycles. The van der Waals surface area contributed by atoms with Crippen molar-refractivity contribution >= 4 is 22.4 Å². The van der Waals surface area contributed by atoms with Gasteiger partial charge in [-0.25, -0.2) is 13.1 Å². The molecular weight excluding hydrogens is 312 g/mol. The van der Waals surface area contributed by atoms with Gasteiger partial charge in [0.2, 0.25) is 10.0 Å². The standard InChI is InChI=1S/C14H24N2O3S.ClH/c1-10(2)19-13-7-6-12(8-11(13)3)20(17,18)16-9-14(4,5)15;/h6-8,10,16H,9,15H2,1-5H3;1H. The normalized spacial score (nSPS) is 12.1. The molecule has 0 unspecified atom stereocenters. The van der Waals surface area contributed by atoms with Gasteiger partial charge >= 0.3 is 0 Å². The Bertz CT molecular complexity index is 566. The molecule has 5 nitrogen and oxygen atoms in total. The molecule has 0 spiro atoms. The third-order valence-electron chi connectivity index (χ3n) is 2.54. The summed E-state index contributed by atoms with van der Waals surface area (Å²) in [4.78, 5) is 0.218. The lowest BCUT2D eigenvalue weighted by atomic mass is 10.1. The maximum absolute atomic E-state index is 12.2. The molecule has 0 saturated heterocycles. The number of ether oxygens (including phenoxy) is 1. The molecule has 21 heavy (non-hydrogen) atoms. The van der Waals surface area contributed by atoms with E-state index in [1.54, 1.807) is 26.0 Å².